The summed E-state index contributed by atoms with van der Waals surface area (Å²) in [5, 5.41) is 9.56. The summed E-state index contributed by atoms with van der Waals surface area (Å²) in [6.45, 7) is 6.32. The van der Waals surface area contributed by atoms with Gasteiger partial charge in [-0.25, -0.2) is 0 Å². The van der Waals surface area contributed by atoms with Gasteiger partial charge >= 0.3 is 0 Å². The van der Waals surface area contributed by atoms with Crippen LogP contribution in [-0.2, 0) is 6.42 Å². The number of anilines is 1. The number of hydrogen-bond donors (Lipinski definition) is 1. The molecule has 88 valence electrons. The van der Waals surface area contributed by atoms with E-state index in [9.17, 15) is 5.11 Å². The van der Waals surface area contributed by atoms with E-state index in [2.05, 4.69) is 43.0 Å². The third-order valence-electron chi connectivity index (χ3n) is 3.29. The van der Waals surface area contributed by atoms with Gasteiger partial charge in [0.2, 0.25) is 0 Å². The molecule has 0 spiro atoms. The van der Waals surface area contributed by atoms with Crippen molar-refractivity contribution in [3.63, 3.8) is 0 Å². The van der Waals surface area contributed by atoms with Crippen LogP contribution in [-0.4, -0.2) is 23.3 Å². The highest BCUT2D eigenvalue weighted by atomic mass is 16.3. The number of hydrogen-bond acceptors (Lipinski definition) is 2. The van der Waals surface area contributed by atoms with Gasteiger partial charge in [0.1, 0.15) is 0 Å². The number of fused-ring (bicyclic) bond motifs is 1. The molecule has 1 aromatic carbocycles. The third-order valence-corrected chi connectivity index (χ3v) is 3.29. The molecule has 1 aromatic rings. The van der Waals surface area contributed by atoms with Crippen LogP contribution in [0.5, 0.6) is 0 Å². The fourth-order valence-corrected chi connectivity index (χ4v) is 2.77. The highest BCUT2D eigenvalue weighted by Gasteiger charge is 2.31. The van der Waals surface area contributed by atoms with Crippen molar-refractivity contribution in [3.8, 4) is 0 Å². The average Bonchev–Trinajstić information content (AvgIpc) is 2.53. The summed E-state index contributed by atoms with van der Waals surface area (Å²) in [5.41, 5.74) is 2.77. The van der Waals surface area contributed by atoms with Crippen LogP contribution in [0.1, 0.15) is 32.8 Å². The zero-order valence-corrected chi connectivity index (χ0v) is 10.4. The van der Waals surface area contributed by atoms with Gasteiger partial charge in [-0.05, 0) is 45.2 Å². The molecule has 0 aliphatic carbocycles. The van der Waals surface area contributed by atoms with Crippen molar-refractivity contribution in [3.05, 3.63) is 29.8 Å². The highest BCUT2D eigenvalue weighted by molar-refractivity contribution is 5.60. The van der Waals surface area contributed by atoms with E-state index >= 15 is 0 Å². The van der Waals surface area contributed by atoms with Crippen LogP contribution in [0.4, 0.5) is 5.69 Å². The van der Waals surface area contributed by atoms with Crippen LogP contribution >= 0.6 is 0 Å². The van der Waals surface area contributed by atoms with E-state index in [0.29, 0.717) is 12.1 Å². The zero-order valence-electron chi connectivity index (χ0n) is 10.4. The van der Waals surface area contributed by atoms with Crippen molar-refractivity contribution in [2.45, 2.75) is 51.8 Å². The Morgan fingerprint density at radius 3 is 2.62 bits per heavy atom. The van der Waals surface area contributed by atoms with Gasteiger partial charge in [0.25, 0.3) is 0 Å². The lowest BCUT2D eigenvalue weighted by molar-refractivity contribution is 0.173. The Bertz CT molecular complexity index is 360. The van der Waals surface area contributed by atoms with Gasteiger partial charge in [0, 0.05) is 17.8 Å². The van der Waals surface area contributed by atoms with Crippen molar-refractivity contribution in [1.29, 1.82) is 0 Å². The molecule has 1 N–H and O–H groups in total. The molecule has 2 rings (SSSR count). The Morgan fingerprint density at radius 1 is 1.31 bits per heavy atom. The molecule has 0 bridgehead atoms. The minimum absolute atomic E-state index is 0.222. The topological polar surface area (TPSA) is 23.5 Å². The largest absolute Gasteiger partial charge is 0.393 e. The summed E-state index contributed by atoms with van der Waals surface area (Å²) in [6.07, 6.45) is 1.70. The summed E-state index contributed by atoms with van der Waals surface area (Å²) in [4.78, 5) is 2.45. The van der Waals surface area contributed by atoms with Crippen LogP contribution in [0.15, 0.2) is 24.3 Å². The van der Waals surface area contributed by atoms with Crippen LogP contribution in [0.25, 0.3) is 0 Å². The fourth-order valence-electron chi connectivity index (χ4n) is 2.77. The van der Waals surface area contributed by atoms with Gasteiger partial charge in [-0.1, -0.05) is 18.2 Å². The molecule has 2 unspecified atom stereocenters. The van der Waals surface area contributed by atoms with Gasteiger partial charge in [-0.15, -0.1) is 0 Å². The number of nitrogens with zero attached hydrogens (tertiary/aromatic N) is 1. The lowest BCUT2D eigenvalue weighted by Gasteiger charge is -2.32. The van der Waals surface area contributed by atoms with Gasteiger partial charge in [0.05, 0.1) is 6.10 Å². The van der Waals surface area contributed by atoms with E-state index in [1.165, 1.54) is 11.3 Å². The first-order valence-electron chi connectivity index (χ1n) is 6.14. The molecule has 0 saturated carbocycles. The Labute approximate surface area is 97.9 Å². The first kappa shape index (κ1) is 11.5. The van der Waals surface area contributed by atoms with Crippen molar-refractivity contribution < 1.29 is 5.11 Å². The third kappa shape index (κ3) is 2.07. The molecule has 0 saturated heterocycles. The van der Waals surface area contributed by atoms with Crippen LogP contribution in [0, 0.1) is 0 Å². The second-order valence-corrected chi connectivity index (χ2v) is 5.07. The minimum Gasteiger partial charge on any atom is -0.393 e. The number of aliphatic hydroxyl groups is 1. The SMILES string of the molecule is CC(O)CC1Cc2ccccc2N1C(C)C. The summed E-state index contributed by atoms with van der Waals surface area (Å²) in [6, 6.07) is 9.54. The summed E-state index contributed by atoms with van der Waals surface area (Å²) < 4.78 is 0. The van der Waals surface area contributed by atoms with E-state index in [0.717, 1.165) is 12.8 Å². The van der Waals surface area contributed by atoms with E-state index in [1.54, 1.807) is 0 Å². The smallest absolute Gasteiger partial charge is 0.0531 e. The molecule has 0 radical (unpaired) electrons. The van der Waals surface area contributed by atoms with Crippen molar-refractivity contribution >= 4 is 5.69 Å². The number of rotatable bonds is 3. The van der Waals surface area contributed by atoms with Crippen molar-refractivity contribution in [1.82, 2.24) is 0 Å². The van der Waals surface area contributed by atoms with Crippen LogP contribution in [0.2, 0.25) is 0 Å². The zero-order chi connectivity index (χ0) is 11.7. The quantitative estimate of drug-likeness (QED) is 0.844. The summed E-state index contributed by atoms with van der Waals surface area (Å²) in [7, 11) is 0. The van der Waals surface area contributed by atoms with E-state index in [4.69, 9.17) is 0 Å². The second-order valence-electron chi connectivity index (χ2n) is 5.07. The molecule has 2 atom stereocenters. The lowest BCUT2D eigenvalue weighted by Crippen LogP contribution is -2.39. The maximum absolute atomic E-state index is 9.56. The Balaban J connectivity index is 2.26. The Kier molecular flexibility index (Phi) is 3.20. The molecular formula is C14H21NO. The number of benzene rings is 1. The standard InChI is InChI=1S/C14H21NO/c1-10(2)15-13(8-11(3)16)9-12-6-4-5-7-14(12)15/h4-7,10-11,13,16H,8-9H2,1-3H3. The molecule has 2 heteroatoms. The maximum atomic E-state index is 9.56. The normalized spacial score (nSPS) is 21.3. The fraction of sp³-hybridized carbons (Fsp3) is 0.571. The average molecular weight is 219 g/mol. The highest BCUT2D eigenvalue weighted by Crippen LogP contribution is 2.35. The van der Waals surface area contributed by atoms with Gasteiger partial charge in [-0.2, -0.15) is 0 Å². The number of para-hydroxylation sites is 1. The lowest BCUT2D eigenvalue weighted by atomic mass is 10.0. The van der Waals surface area contributed by atoms with Gasteiger partial charge < -0.3 is 10.0 Å². The Hall–Kier alpha value is -1.02. The molecule has 16 heavy (non-hydrogen) atoms. The monoisotopic (exact) mass is 219 g/mol. The molecule has 0 fully saturated rings. The molecule has 2 nitrogen and oxygen atoms in total. The van der Waals surface area contributed by atoms with Crippen LogP contribution < -0.4 is 4.90 Å². The van der Waals surface area contributed by atoms with E-state index < -0.39 is 0 Å². The van der Waals surface area contributed by atoms with Gasteiger partial charge in [-0.3, -0.25) is 0 Å². The van der Waals surface area contributed by atoms with Crippen molar-refractivity contribution in [2.75, 3.05) is 4.90 Å². The molecule has 1 aliphatic rings. The molecule has 1 heterocycles. The summed E-state index contributed by atoms with van der Waals surface area (Å²) in [5.74, 6) is 0. The first-order valence-corrected chi connectivity index (χ1v) is 6.14. The molecular weight excluding hydrogens is 198 g/mol. The first-order chi connectivity index (χ1) is 7.59. The summed E-state index contributed by atoms with van der Waals surface area (Å²) >= 11 is 0. The van der Waals surface area contributed by atoms with Gasteiger partial charge in [0.15, 0.2) is 0 Å². The molecule has 1 aliphatic heterocycles. The van der Waals surface area contributed by atoms with E-state index in [1.807, 2.05) is 6.92 Å². The van der Waals surface area contributed by atoms with Crippen molar-refractivity contribution in [2.24, 2.45) is 0 Å². The maximum Gasteiger partial charge on any atom is 0.0531 e. The molecule has 0 aromatic heterocycles. The number of aliphatic hydroxyl groups excluding tert-OH is 1. The molecule has 0 amide bonds. The second kappa shape index (κ2) is 4.46. The minimum atomic E-state index is -0.222. The predicted octanol–water partition coefficient (Wildman–Crippen LogP) is 2.60. The van der Waals surface area contributed by atoms with E-state index in [-0.39, 0.29) is 6.10 Å². The van der Waals surface area contributed by atoms with Crippen LogP contribution in [0.3, 0.4) is 0 Å². The predicted molar refractivity (Wildman–Crippen MR) is 67.8 cm³/mol. The Morgan fingerprint density at radius 2 is 2.00 bits per heavy atom.